The molecule has 1 unspecified atom stereocenters. The molecule has 0 fully saturated rings. The van der Waals surface area contributed by atoms with Gasteiger partial charge in [0.05, 0.1) is 10.0 Å². The SMILES string of the molecule is CC(Oc1ccc(Cl)c(Cl)c1)C(=O)NNC(=O)c1cc(Br)cn1C. The van der Waals surface area contributed by atoms with Crippen molar-refractivity contribution in [2.45, 2.75) is 13.0 Å². The van der Waals surface area contributed by atoms with Crippen LogP contribution in [-0.2, 0) is 11.8 Å². The molecular formula is C15H14BrCl2N3O3. The lowest BCUT2D eigenvalue weighted by atomic mass is 10.3. The number of hydrogen-bond donors (Lipinski definition) is 2. The van der Waals surface area contributed by atoms with Crippen LogP contribution in [0, 0.1) is 0 Å². The Bertz CT molecular complexity index is 779. The summed E-state index contributed by atoms with van der Waals surface area (Å²) in [4.78, 5) is 24.0. The number of ether oxygens (including phenoxy) is 1. The zero-order valence-corrected chi connectivity index (χ0v) is 15.9. The number of hydrogen-bond acceptors (Lipinski definition) is 3. The largest absolute Gasteiger partial charge is 0.481 e. The maximum atomic E-state index is 12.0. The highest BCUT2D eigenvalue weighted by molar-refractivity contribution is 9.10. The molecule has 1 heterocycles. The lowest BCUT2D eigenvalue weighted by molar-refractivity contribution is -0.128. The molecule has 0 spiro atoms. The van der Waals surface area contributed by atoms with Crippen molar-refractivity contribution < 1.29 is 14.3 Å². The monoisotopic (exact) mass is 433 g/mol. The van der Waals surface area contributed by atoms with Crippen molar-refractivity contribution in [3.8, 4) is 5.75 Å². The molecule has 128 valence electrons. The Balaban J connectivity index is 1.90. The first-order valence-corrected chi connectivity index (χ1v) is 8.36. The Kier molecular flexibility index (Phi) is 6.15. The quantitative estimate of drug-likeness (QED) is 0.725. The van der Waals surface area contributed by atoms with Crippen LogP contribution in [-0.4, -0.2) is 22.5 Å². The summed E-state index contributed by atoms with van der Waals surface area (Å²) >= 11 is 15.0. The third kappa shape index (κ3) is 4.66. The maximum Gasteiger partial charge on any atom is 0.286 e. The Hall–Kier alpha value is -1.70. The van der Waals surface area contributed by atoms with Crippen LogP contribution in [0.1, 0.15) is 17.4 Å². The zero-order valence-electron chi connectivity index (χ0n) is 12.8. The van der Waals surface area contributed by atoms with E-state index in [0.717, 1.165) is 4.47 Å². The number of aromatic nitrogens is 1. The maximum absolute atomic E-state index is 12.0. The highest BCUT2D eigenvalue weighted by Crippen LogP contribution is 2.26. The number of hydrazine groups is 1. The van der Waals surface area contributed by atoms with Crippen molar-refractivity contribution in [1.82, 2.24) is 15.4 Å². The molecule has 0 bridgehead atoms. The summed E-state index contributed by atoms with van der Waals surface area (Å²) in [6, 6.07) is 6.31. The summed E-state index contributed by atoms with van der Waals surface area (Å²) in [5.74, 6) is -0.564. The molecule has 0 aliphatic rings. The minimum Gasteiger partial charge on any atom is -0.481 e. The van der Waals surface area contributed by atoms with Crippen LogP contribution in [0.5, 0.6) is 5.75 Å². The molecule has 2 aromatic rings. The van der Waals surface area contributed by atoms with Gasteiger partial charge in [0.25, 0.3) is 11.8 Å². The molecule has 2 amide bonds. The molecule has 0 radical (unpaired) electrons. The van der Waals surface area contributed by atoms with Gasteiger partial charge in [-0.15, -0.1) is 0 Å². The minimum atomic E-state index is -0.845. The van der Waals surface area contributed by atoms with Gasteiger partial charge in [-0.25, -0.2) is 0 Å². The first kappa shape index (κ1) is 18.6. The van der Waals surface area contributed by atoms with Gasteiger partial charge in [-0.05, 0) is 41.1 Å². The molecule has 0 aliphatic carbocycles. The van der Waals surface area contributed by atoms with Crippen molar-refractivity contribution >= 4 is 50.9 Å². The average Bonchev–Trinajstić information content (AvgIpc) is 2.86. The van der Waals surface area contributed by atoms with Gasteiger partial charge in [-0.1, -0.05) is 23.2 Å². The number of aryl methyl sites for hydroxylation is 1. The van der Waals surface area contributed by atoms with Crippen LogP contribution in [0.2, 0.25) is 10.0 Å². The van der Waals surface area contributed by atoms with Gasteiger partial charge in [0.15, 0.2) is 6.10 Å². The smallest absolute Gasteiger partial charge is 0.286 e. The van der Waals surface area contributed by atoms with Crippen LogP contribution >= 0.6 is 39.1 Å². The van der Waals surface area contributed by atoms with E-state index in [1.807, 2.05) is 0 Å². The Morgan fingerprint density at radius 3 is 2.50 bits per heavy atom. The van der Waals surface area contributed by atoms with Crippen molar-refractivity contribution in [1.29, 1.82) is 0 Å². The van der Waals surface area contributed by atoms with Crippen molar-refractivity contribution in [3.05, 3.63) is 50.7 Å². The Morgan fingerprint density at radius 2 is 1.92 bits per heavy atom. The summed E-state index contributed by atoms with van der Waals surface area (Å²) < 4.78 is 7.85. The standard InChI is InChI=1S/C15H14BrCl2N3O3/c1-8(24-10-3-4-11(17)12(18)6-10)14(22)19-20-15(23)13-5-9(16)7-21(13)2/h3-8H,1-2H3,(H,19,22)(H,20,23). The normalized spacial score (nSPS) is 11.7. The Morgan fingerprint density at radius 1 is 1.21 bits per heavy atom. The lowest BCUT2D eigenvalue weighted by Gasteiger charge is -2.15. The van der Waals surface area contributed by atoms with Crippen LogP contribution in [0.15, 0.2) is 34.9 Å². The molecule has 9 heteroatoms. The number of amides is 2. The minimum absolute atomic E-state index is 0.323. The highest BCUT2D eigenvalue weighted by Gasteiger charge is 2.17. The second-order valence-electron chi connectivity index (χ2n) is 4.93. The fourth-order valence-corrected chi connectivity index (χ4v) is 2.65. The van der Waals surface area contributed by atoms with E-state index < -0.39 is 17.9 Å². The number of nitrogens with zero attached hydrogens (tertiary/aromatic N) is 1. The fraction of sp³-hybridized carbons (Fsp3) is 0.200. The van der Waals surface area contributed by atoms with Crippen LogP contribution in [0.4, 0.5) is 0 Å². The van der Waals surface area contributed by atoms with Gasteiger partial charge < -0.3 is 9.30 Å². The zero-order chi connectivity index (χ0) is 17.9. The van der Waals surface area contributed by atoms with E-state index in [2.05, 4.69) is 26.8 Å². The molecule has 6 nitrogen and oxygen atoms in total. The van der Waals surface area contributed by atoms with E-state index in [0.29, 0.717) is 21.5 Å². The van der Waals surface area contributed by atoms with Gasteiger partial charge in [0.1, 0.15) is 11.4 Å². The average molecular weight is 435 g/mol. The number of nitrogens with one attached hydrogen (secondary N) is 2. The van der Waals surface area contributed by atoms with Gasteiger partial charge in [0.2, 0.25) is 0 Å². The number of carbonyl (C=O) groups excluding carboxylic acids is 2. The van der Waals surface area contributed by atoms with E-state index in [-0.39, 0.29) is 0 Å². The number of carbonyl (C=O) groups is 2. The number of halogens is 3. The first-order valence-electron chi connectivity index (χ1n) is 6.81. The lowest BCUT2D eigenvalue weighted by Crippen LogP contribution is -2.47. The van der Waals surface area contributed by atoms with E-state index in [9.17, 15) is 9.59 Å². The van der Waals surface area contributed by atoms with Gasteiger partial charge in [-0.3, -0.25) is 20.4 Å². The molecule has 24 heavy (non-hydrogen) atoms. The fourth-order valence-electron chi connectivity index (χ4n) is 1.84. The van der Waals surface area contributed by atoms with Crippen molar-refractivity contribution in [2.24, 2.45) is 7.05 Å². The predicted molar refractivity (Wildman–Crippen MR) is 95.3 cm³/mol. The van der Waals surface area contributed by atoms with Gasteiger partial charge in [-0.2, -0.15) is 0 Å². The molecule has 2 N–H and O–H groups in total. The molecule has 1 aromatic carbocycles. The topological polar surface area (TPSA) is 72.4 Å². The van der Waals surface area contributed by atoms with Crippen LogP contribution in [0.3, 0.4) is 0 Å². The third-order valence-corrected chi connectivity index (χ3v) is 4.25. The van der Waals surface area contributed by atoms with E-state index in [1.54, 1.807) is 42.9 Å². The number of rotatable bonds is 4. The van der Waals surface area contributed by atoms with E-state index >= 15 is 0 Å². The summed E-state index contributed by atoms with van der Waals surface area (Å²) in [7, 11) is 1.72. The predicted octanol–water partition coefficient (Wildman–Crippen LogP) is 3.32. The van der Waals surface area contributed by atoms with Gasteiger partial charge in [0, 0.05) is 23.8 Å². The molecule has 0 saturated heterocycles. The molecule has 1 aromatic heterocycles. The van der Waals surface area contributed by atoms with Gasteiger partial charge >= 0.3 is 0 Å². The summed E-state index contributed by atoms with van der Waals surface area (Å²) in [6.45, 7) is 1.54. The van der Waals surface area contributed by atoms with Crippen molar-refractivity contribution in [3.63, 3.8) is 0 Å². The first-order chi connectivity index (χ1) is 11.3. The van der Waals surface area contributed by atoms with E-state index in [4.69, 9.17) is 27.9 Å². The van der Waals surface area contributed by atoms with Crippen LogP contribution < -0.4 is 15.6 Å². The van der Waals surface area contributed by atoms with Crippen molar-refractivity contribution in [2.75, 3.05) is 0 Å². The molecule has 1 atom stereocenters. The summed E-state index contributed by atoms with van der Waals surface area (Å²) in [5.41, 5.74) is 5.03. The molecule has 0 aliphatic heterocycles. The third-order valence-electron chi connectivity index (χ3n) is 3.08. The number of benzene rings is 1. The summed E-state index contributed by atoms with van der Waals surface area (Å²) in [5, 5.41) is 0.714. The summed E-state index contributed by atoms with van der Waals surface area (Å²) in [6.07, 6.45) is 0.884. The molecule has 0 saturated carbocycles. The van der Waals surface area contributed by atoms with E-state index in [1.165, 1.54) is 6.07 Å². The molecular weight excluding hydrogens is 421 g/mol. The van der Waals surface area contributed by atoms with Crippen LogP contribution in [0.25, 0.3) is 0 Å². The second kappa shape index (κ2) is 7.92. The second-order valence-corrected chi connectivity index (χ2v) is 6.66. The molecule has 2 rings (SSSR count). The highest BCUT2D eigenvalue weighted by atomic mass is 79.9. The Labute approximate surface area is 157 Å².